The Bertz CT molecular complexity index is 590. The zero-order valence-electron chi connectivity index (χ0n) is 13.8. The molecule has 0 N–H and O–H groups in total. The topological polar surface area (TPSA) is 70.4 Å². The van der Waals surface area contributed by atoms with E-state index in [1.54, 1.807) is 19.2 Å². The van der Waals surface area contributed by atoms with Gasteiger partial charge < -0.3 is 9.47 Å². The first-order valence-electron chi connectivity index (χ1n) is 7.36. The molecule has 0 amide bonds. The monoisotopic (exact) mass is 308 g/mol. The van der Waals surface area contributed by atoms with Gasteiger partial charge in [0.1, 0.15) is 11.7 Å². The summed E-state index contributed by atoms with van der Waals surface area (Å²) < 4.78 is 11.4. The average molecular weight is 308 g/mol. The van der Waals surface area contributed by atoms with Crippen LogP contribution in [0.1, 0.15) is 44.6 Å². The van der Waals surface area contributed by atoms with Crippen molar-refractivity contribution >= 4 is 12.0 Å². The predicted molar refractivity (Wildman–Crippen MR) is 84.4 cm³/mol. The lowest BCUT2D eigenvalue weighted by molar-refractivity contribution is -0.145. The first kappa shape index (κ1) is 17.9. The van der Waals surface area contributed by atoms with Gasteiger partial charge in [0.05, 0.1) is 25.7 Å². The van der Waals surface area contributed by atoms with Crippen molar-refractivity contribution in [2.24, 2.45) is 5.92 Å². The first-order chi connectivity index (χ1) is 10.4. The fourth-order valence-electron chi connectivity index (χ4n) is 2.09. The van der Waals surface area contributed by atoms with Gasteiger partial charge in [-0.2, -0.15) is 0 Å². The van der Waals surface area contributed by atoms with Gasteiger partial charge in [-0.15, -0.1) is 0 Å². The van der Waals surface area contributed by atoms with E-state index in [0.717, 1.165) is 0 Å². The van der Waals surface area contributed by atoms with Crippen LogP contribution in [0.4, 0.5) is 0 Å². The molecule has 0 bridgehead atoms. The molecule has 1 unspecified atom stereocenters. The molecule has 1 rings (SSSR count). The highest BCUT2D eigenvalue weighted by Crippen LogP contribution is 2.18. The minimum absolute atomic E-state index is 0.242. The maximum absolute atomic E-state index is 12.3. The number of hydrogen-bond donors (Lipinski definition) is 0. The van der Waals surface area contributed by atoms with Gasteiger partial charge >= 0.3 is 5.97 Å². The SMILES string of the molecule is CCOC=Cc1cn(C(CC(C)C)C(=O)OC)c(=O)c(C)n1. The van der Waals surface area contributed by atoms with Gasteiger partial charge in [0.15, 0.2) is 0 Å². The minimum atomic E-state index is -0.654. The van der Waals surface area contributed by atoms with E-state index in [1.807, 2.05) is 20.8 Å². The molecule has 0 fully saturated rings. The number of nitrogens with zero attached hydrogens (tertiary/aromatic N) is 2. The van der Waals surface area contributed by atoms with Crippen molar-refractivity contribution in [3.05, 3.63) is 34.2 Å². The van der Waals surface area contributed by atoms with E-state index in [2.05, 4.69) is 4.98 Å². The standard InChI is InChI=1S/C16H24N2O4/c1-6-22-8-7-13-10-18(15(19)12(4)17-13)14(9-11(2)3)16(20)21-5/h7-8,10-11,14H,6,9H2,1-5H3. The fourth-order valence-corrected chi connectivity index (χ4v) is 2.09. The summed E-state index contributed by atoms with van der Waals surface area (Å²) in [7, 11) is 1.32. The summed E-state index contributed by atoms with van der Waals surface area (Å²) in [6.07, 6.45) is 5.27. The lowest BCUT2D eigenvalue weighted by Crippen LogP contribution is -2.33. The van der Waals surface area contributed by atoms with E-state index in [-0.39, 0.29) is 11.5 Å². The number of esters is 1. The van der Waals surface area contributed by atoms with Gasteiger partial charge in [0, 0.05) is 6.20 Å². The molecule has 0 aliphatic heterocycles. The molecule has 6 nitrogen and oxygen atoms in total. The average Bonchev–Trinajstić information content (AvgIpc) is 2.47. The molecule has 122 valence electrons. The fraction of sp³-hybridized carbons (Fsp3) is 0.562. The number of aryl methyl sites for hydroxylation is 1. The normalized spacial score (nSPS) is 12.6. The summed E-state index contributed by atoms with van der Waals surface area (Å²) in [5.74, 6) is -0.187. The Morgan fingerprint density at radius 3 is 2.68 bits per heavy atom. The number of carbonyl (C=O) groups is 1. The van der Waals surface area contributed by atoms with Crippen molar-refractivity contribution in [1.82, 2.24) is 9.55 Å². The number of aromatic nitrogens is 2. The summed E-state index contributed by atoms with van der Waals surface area (Å²) in [6.45, 7) is 8.03. The van der Waals surface area contributed by atoms with Gasteiger partial charge in [-0.25, -0.2) is 9.78 Å². The molecule has 0 aliphatic carbocycles. The highest BCUT2D eigenvalue weighted by molar-refractivity contribution is 5.74. The van der Waals surface area contributed by atoms with Crippen molar-refractivity contribution in [3.8, 4) is 0 Å². The van der Waals surface area contributed by atoms with Crippen LogP contribution in [-0.4, -0.2) is 29.2 Å². The molecule has 1 atom stereocenters. The molecular weight excluding hydrogens is 284 g/mol. The van der Waals surface area contributed by atoms with Gasteiger partial charge in [-0.1, -0.05) is 13.8 Å². The van der Waals surface area contributed by atoms with E-state index < -0.39 is 12.0 Å². The largest absolute Gasteiger partial charge is 0.501 e. The second-order valence-corrected chi connectivity index (χ2v) is 5.39. The highest BCUT2D eigenvalue weighted by Gasteiger charge is 2.24. The van der Waals surface area contributed by atoms with Crippen molar-refractivity contribution in [3.63, 3.8) is 0 Å². The lowest BCUT2D eigenvalue weighted by Gasteiger charge is -2.20. The van der Waals surface area contributed by atoms with Crippen molar-refractivity contribution in [1.29, 1.82) is 0 Å². The zero-order valence-corrected chi connectivity index (χ0v) is 13.8. The summed E-state index contributed by atoms with van der Waals surface area (Å²) >= 11 is 0. The van der Waals surface area contributed by atoms with Crippen LogP contribution in [0, 0.1) is 12.8 Å². The maximum atomic E-state index is 12.3. The van der Waals surface area contributed by atoms with Crippen LogP contribution in [0.3, 0.4) is 0 Å². The molecule has 0 aliphatic rings. The number of rotatable bonds is 7. The molecule has 0 saturated carbocycles. The molecular formula is C16H24N2O4. The smallest absolute Gasteiger partial charge is 0.328 e. The summed E-state index contributed by atoms with van der Waals surface area (Å²) in [5.41, 5.74) is 0.601. The number of carbonyl (C=O) groups excluding carboxylic acids is 1. The van der Waals surface area contributed by atoms with Crippen molar-refractivity contribution in [2.45, 2.75) is 40.2 Å². The van der Waals surface area contributed by atoms with Gasteiger partial charge in [0.25, 0.3) is 5.56 Å². The summed E-state index contributed by atoms with van der Waals surface area (Å²) in [6, 6.07) is -0.654. The van der Waals surface area contributed by atoms with Crippen LogP contribution >= 0.6 is 0 Å². The van der Waals surface area contributed by atoms with Crippen LogP contribution in [0.25, 0.3) is 6.08 Å². The molecule has 1 heterocycles. The van der Waals surface area contributed by atoms with Crippen molar-refractivity contribution in [2.75, 3.05) is 13.7 Å². The van der Waals surface area contributed by atoms with Gasteiger partial charge in [0.2, 0.25) is 0 Å². The lowest BCUT2D eigenvalue weighted by atomic mass is 10.0. The van der Waals surface area contributed by atoms with E-state index >= 15 is 0 Å². The van der Waals surface area contributed by atoms with E-state index in [9.17, 15) is 9.59 Å². The van der Waals surface area contributed by atoms with Crippen LogP contribution in [0.5, 0.6) is 0 Å². The molecule has 22 heavy (non-hydrogen) atoms. The Hall–Kier alpha value is -2.11. The molecule has 0 radical (unpaired) electrons. The molecule has 1 aromatic heterocycles. The Morgan fingerprint density at radius 1 is 1.45 bits per heavy atom. The Morgan fingerprint density at radius 2 is 2.14 bits per heavy atom. The minimum Gasteiger partial charge on any atom is -0.501 e. The number of ether oxygens (including phenoxy) is 2. The third-order valence-electron chi connectivity index (χ3n) is 3.12. The molecule has 0 saturated heterocycles. The summed E-state index contributed by atoms with van der Waals surface area (Å²) in [5, 5.41) is 0. The van der Waals surface area contributed by atoms with Crippen LogP contribution in [0.2, 0.25) is 0 Å². The summed E-state index contributed by atoms with van der Waals surface area (Å²) in [4.78, 5) is 28.6. The van der Waals surface area contributed by atoms with E-state index in [4.69, 9.17) is 9.47 Å². The molecule has 0 aromatic carbocycles. The van der Waals surface area contributed by atoms with Crippen LogP contribution in [0.15, 0.2) is 17.3 Å². The Kier molecular flexibility index (Phi) is 6.82. The van der Waals surface area contributed by atoms with E-state index in [1.165, 1.54) is 17.9 Å². The van der Waals surface area contributed by atoms with E-state index in [0.29, 0.717) is 24.4 Å². The first-order valence-corrected chi connectivity index (χ1v) is 7.36. The molecule has 0 spiro atoms. The van der Waals surface area contributed by atoms with Gasteiger partial charge in [-0.3, -0.25) is 9.36 Å². The Balaban J connectivity index is 3.29. The van der Waals surface area contributed by atoms with Crippen molar-refractivity contribution < 1.29 is 14.3 Å². The zero-order chi connectivity index (χ0) is 16.7. The maximum Gasteiger partial charge on any atom is 0.328 e. The third kappa shape index (κ3) is 4.72. The van der Waals surface area contributed by atoms with Crippen LogP contribution in [-0.2, 0) is 14.3 Å². The molecule has 6 heteroatoms. The number of hydrogen-bond acceptors (Lipinski definition) is 5. The third-order valence-corrected chi connectivity index (χ3v) is 3.12. The predicted octanol–water partition coefficient (Wildman–Crippen LogP) is 2.32. The molecule has 1 aromatic rings. The van der Waals surface area contributed by atoms with Gasteiger partial charge in [-0.05, 0) is 32.3 Å². The van der Waals surface area contributed by atoms with Crippen LogP contribution < -0.4 is 5.56 Å². The quantitative estimate of drug-likeness (QED) is 0.571. The second kappa shape index (κ2) is 8.36. The number of methoxy groups -OCH3 is 1. The second-order valence-electron chi connectivity index (χ2n) is 5.39. The Labute approximate surface area is 130 Å². The highest BCUT2D eigenvalue weighted by atomic mass is 16.5.